The topological polar surface area (TPSA) is 15.3 Å². The van der Waals surface area contributed by atoms with Crippen LogP contribution in [0.3, 0.4) is 0 Å². The van der Waals surface area contributed by atoms with Crippen molar-refractivity contribution >= 4 is 17.4 Å². The molecule has 124 valence electrons. The van der Waals surface area contributed by atoms with Crippen molar-refractivity contribution in [2.75, 3.05) is 31.1 Å². The van der Waals surface area contributed by atoms with Gasteiger partial charge in [0.1, 0.15) is 0 Å². The van der Waals surface area contributed by atoms with Gasteiger partial charge >= 0.3 is 0 Å². The van der Waals surface area contributed by atoms with Gasteiger partial charge in [-0.05, 0) is 37.6 Å². The molecular formula is C20H28N2S. The first-order valence-corrected chi connectivity index (χ1v) is 9.35. The van der Waals surface area contributed by atoms with Crippen molar-refractivity contribution in [3.63, 3.8) is 0 Å². The van der Waals surface area contributed by atoms with Crippen molar-refractivity contribution in [2.24, 2.45) is 0 Å². The molecule has 2 aromatic rings. The zero-order chi connectivity index (χ0) is 16.7. The maximum atomic E-state index is 3.42. The number of rotatable bonds is 3. The molecule has 1 saturated heterocycles. The van der Waals surface area contributed by atoms with Gasteiger partial charge in [0.05, 0.1) is 5.69 Å². The van der Waals surface area contributed by atoms with Crippen molar-refractivity contribution in [1.82, 2.24) is 5.32 Å². The van der Waals surface area contributed by atoms with Crippen LogP contribution in [0.4, 0.5) is 5.69 Å². The van der Waals surface area contributed by atoms with Gasteiger partial charge in [-0.1, -0.05) is 55.4 Å². The van der Waals surface area contributed by atoms with Crippen molar-refractivity contribution < 1.29 is 0 Å². The number of hydrogen-bond donors (Lipinski definition) is 1. The highest BCUT2D eigenvalue weighted by Gasteiger charge is 2.14. The highest BCUT2D eigenvalue weighted by atomic mass is 32.2. The van der Waals surface area contributed by atoms with Crippen LogP contribution in [0.1, 0.15) is 25.0 Å². The Morgan fingerprint density at radius 1 is 0.913 bits per heavy atom. The average molecular weight is 329 g/mol. The van der Waals surface area contributed by atoms with Crippen LogP contribution < -0.4 is 10.2 Å². The molecule has 3 heteroatoms. The fourth-order valence-corrected chi connectivity index (χ4v) is 3.78. The zero-order valence-corrected chi connectivity index (χ0v) is 15.5. The van der Waals surface area contributed by atoms with E-state index in [9.17, 15) is 0 Å². The van der Waals surface area contributed by atoms with Gasteiger partial charge in [-0.25, -0.2) is 0 Å². The molecule has 0 radical (unpaired) electrons. The number of nitrogens with one attached hydrogen (secondary N) is 1. The van der Waals surface area contributed by atoms with E-state index in [0.29, 0.717) is 0 Å². The second-order valence-corrected chi connectivity index (χ2v) is 6.66. The van der Waals surface area contributed by atoms with Gasteiger partial charge in [0, 0.05) is 36.0 Å². The van der Waals surface area contributed by atoms with Gasteiger partial charge in [0.15, 0.2) is 0 Å². The van der Waals surface area contributed by atoms with Crippen molar-refractivity contribution in [3.8, 4) is 0 Å². The summed E-state index contributed by atoms with van der Waals surface area (Å²) in [5.41, 5.74) is 4.05. The quantitative estimate of drug-likeness (QED) is 0.863. The molecular weight excluding hydrogens is 300 g/mol. The Kier molecular flexibility index (Phi) is 7.00. The summed E-state index contributed by atoms with van der Waals surface area (Å²) in [5, 5.41) is 3.42. The van der Waals surface area contributed by atoms with E-state index in [0.717, 1.165) is 26.2 Å². The molecule has 0 unspecified atom stereocenters. The molecule has 2 aromatic carbocycles. The first-order valence-electron chi connectivity index (χ1n) is 8.54. The third-order valence-corrected chi connectivity index (χ3v) is 5.12. The minimum absolute atomic E-state index is 1.07. The number of aryl methyl sites for hydroxylation is 2. The summed E-state index contributed by atoms with van der Waals surface area (Å²) in [6, 6.07) is 15.5. The lowest BCUT2D eigenvalue weighted by Crippen LogP contribution is -2.43. The predicted octanol–water partition coefficient (Wildman–Crippen LogP) is 4.89. The average Bonchev–Trinajstić information content (AvgIpc) is 2.60. The lowest BCUT2D eigenvalue weighted by Gasteiger charge is -2.31. The summed E-state index contributed by atoms with van der Waals surface area (Å²) in [7, 11) is 0. The summed E-state index contributed by atoms with van der Waals surface area (Å²) >= 11 is 1.88. The molecule has 1 aliphatic rings. The van der Waals surface area contributed by atoms with Crippen LogP contribution in [-0.4, -0.2) is 26.2 Å². The highest BCUT2D eigenvalue weighted by Crippen LogP contribution is 2.37. The van der Waals surface area contributed by atoms with E-state index in [4.69, 9.17) is 0 Å². The molecule has 0 aliphatic carbocycles. The van der Waals surface area contributed by atoms with Gasteiger partial charge in [-0.3, -0.25) is 0 Å². The van der Waals surface area contributed by atoms with E-state index >= 15 is 0 Å². The van der Waals surface area contributed by atoms with E-state index in [-0.39, 0.29) is 0 Å². The largest absolute Gasteiger partial charge is 0.368 e. The molecule has 0 spiro atoms. The SMILES string of the molecule is CC.Cc1ccc(Sc2ccccc2N2CCNCC2)c(C)c1. The van der Waals surface area contributed by atoms with E-state index in [2.05, 4.69) is 66.5 Å². The van der Waals surface area contributed by atoms with Crippen LogP contribution >= 0.6 is 11.8 Å². The monoisotopic (exact) mass is 328 g/mol. The molecule has 0 aromatic heterocycles. The van der Waals surface area contributed by atoms with Gasteiger partial charge in [0.25, 0.3) is 0 Å². The normalized spacial score (nSPS) is 14.2. The molecule has 1 heterocycles. The van der Waals surface area contributed by atoms with Crippen LogP contribution in [-0.2, 0) is 0 Å². The fourth-order valence-electron chi connectivity index (χ4n) is 2.74. The fraction of sp³-hybridized carbons (Fsp3) is 0.400. The smallest absolute Gasteiger partial charge is 0.0508 e. The number of nitrogens with zero attached hydrogens (tertiary/aromatic N) is 1. The Hall–Kier alpha value is -1.45. The minimum atomic E-state index is 1.07. The molecule has 0 saturated carbocycles. The van der Waals surface area contributed by atoms with E-state index in [1.807, 2.05) is 25.6 Å². The predicted molar refractivity (Wildman–Crippen MR) is 103 cm³/mol. The Bertz CT molecular complexity index is 619. The third-order valence-electron chi connectivity index (χ3n) is 3.87. The summed E-state index contributed by atoms with van der Waals surface area (Å²) in [6.45, 7) is 12.7. The second-order valence-electron chi connectivity index (χ2n) is 5.58. The number of anilines is 1. The standard InChI is InChI=1S/C18H22N2S.C2H6/c1-14-7-8-17(15(2)13-14)21-18-6-4-3-5-16(18)20-11-9-19-10-12-20;1-2/h3-8,13,19H,9-12H2,1-2H3;1-2H3. The summed E-state index contributed by atoms with van der Waals surface area (Å²) in [5.74, 6) is 0. The maximum absolute atomic E-state index is 3.42. The Labute approximate surface area is 145 Å². The Morgan fingerprint density at radius 2 is 1.61 bits per heavy atom. The molecule has 1 aliphatic heterocycles. The van der Waals surface area contributed by atoms with Crippen LogP contribution in [0, 0.1) is 13.8 Å². The van der Waals surface area contributed by atoms with Crippen LogP contribution in [0.15, 0.2) is 52.3 Å². The number of hydrogen-bond acceptors (Lipinski definition) is 3. The Morgan fingerprint density at radius 3 is 2.30 bits per heavy atom. The van der Waals surface area contributed by atoms with E-state index < -0.39 is 0 Å². The van der Waals surface area contributed by atoms with Crippen molar-refractivity contribution in [2.45, 2.75) is 37.5 Å². The lowest BCUT2D eigenvalue weighted by molar-refractivity contribution is 0.587. The van der Waals surface area contributed by atoms with Gasteiger partial charge in [-0.15, -0.1) is 0 Å². The summed E-state index contributed by atoms with van der Waals surface area (Å²) in [6.07, 6.45) is 0. The van der Waals surface area contributed by atoms with Crippen LogP contribution in [0.25, 0.3) is 0 Å². The minimum Gasteiger partial charge on any atom is -0.368 e. The number of benzene rings is 2. The summed E-state index contributed by atoms with van der Waals surface area (Å²) < 4.78 is 0. The third kappa shape index (κ3) is 4.76. The highest BCUT2D eigenvalue weighted by molar-refractivity contribution is 7.99. The zero-order valence-electron chi connectivity index (χ0n) is 14.7. The molecule has 0 amide bonds. The second kappa shape index (κ2) is 8.99. The van der Waals surface area contributed by atoms with E-state index in [1.54, 1.807) is 0 Å². The molecule has 3 rings (SSSR count). The molecule has 0 bridgehead atoms. The van der Waals surface area contributed by atoms with Crippen LogP contribution in [0.2, 0.25) is 0 Å². The van der Waals surface area contributed by atoms with Crippen molar-refractivity contribution in [1.29, 1.82) is 0 Å². The summed E-state index contributed by atoms with van der Waals surface area (Å²) in [4.78, 5) is 5.19. The molecule has 0 atom stereocenters. The number of para-hydroxylation sites is 1. The molecule has 1 fully saturated rings. The first-order chi connectivity index (χ1) is 11.2. The lowest BCUT2D eigenvalue weighted by atomic mass is 10.2. The Balaban J connectivity index is 0.000000924. The van der Waals surface area contributed by atoms with E-state index in [1.165, 1.54) is 26.6 Å². The molecule has 2 nitrogen and oxygen atoms in total. The number of piperazine rings is 1. The van der Waals surface area contributed by atoms with Crippen LogP contribution in [0.5, 0.6) is 0 Å². The maximum Gasteiger partial charge on any atom is 0.0508 e. The van der Waals surface area contributed by atoms with Crippen molar-refractivity contribution in [3.05, 3.63) is 53.6 Å². The van der Waals surface area contributed by atoms with Gasteiger partial charge < -0.3 is 10.2 Å². The first kappa shape index (κ1) is 17.9. The molecule has 23 heavy (non-hydrogen) atoms. The van der Waals surface area contributed by atoms with Gasteiger partial charge in [0.2, 0.25) is 0 Å². The van der Waals surface area contributed by atoms with Gasteiger partial charge in [-0.2, -0.15) is 0 Å². The molecule has 1 N–H and O–H groups in total.